The highest BCUT2D eigenvalue weighted by atomic mass is 16.6. The number of aromatic hydroxyl groups is 1. The summed E-state index contributed by atoms with van der Waals surface area (Å²) in [5, 5.41) is 10.2. The van der Waals surface area contributed by atoms with E-state index in [1.165, 1.54) is 4.90 Å². The number of hydrogen-bond acceptors (Lipinski definition) is 6. The number of H-pyrrole nitrogens is 1. The third kappa shape index (κ3) is 3.46. The Balaban J connectivity index is 2.35. The first-order valence-electron chi connectivity index (χ1n) is 7.17. The molecule has 1 aromatic heterocycles. The van der Waals surface area contributed by atoms with Gasteiger partial charge in [-0.15, -0.1) is 0 Å². The summed E-state index contributed by atoms with van der Waals surface area (Å²) in [6, 6.07) is 0. The lowest BCUT2D eigenvalue weighted by molar-refractivity contribution is 0.0221. The lowest BCUT2D eigenvalue weighted by Gasteiger charge is -2.31. The van der Waals surface area contributed by atoms with Crippen LogP contribution in [-0.4, -0.2) is 46.3 Å². The van der Waals surface area contributed by atoms with Crippen LogP contribution in [-0.2, 0) is 22.4 Å². The van der Waals surface area contributed by atoms with Crippen LogP contribution in [0.2, 0.25) is 0 Å². The quantitative estimate of drug-likeness (QED) is 0.750. The minimum atomic E-state index is -0.930. The molecule has 2 N–H and O–H groups in total. The maximum atomic E-state index is 12.1. The number of amides is 1. The lowest BCUT2D eigenvalue weighted by atomic mass is 10.0. The molecule has 2 heterocycles. The standard InChI is InChI=1S/C15H20N2O6/c1-15(2,3)23-14(21)17-6-5-9-8(7-17)11(18)10(12(19)16-9)13(20)22-4/h5-7H2,1-4H3,(H2,16,18,19). The van der Waals surface area contributed by atoms with Crippen molar-refractivity contribution in [2.75, 3.05) is 13.7 Å². The Morgan fingerprint density at radius 1 is 1.30 bits per heavy atom. The molecule has 1 aliphatic rings. The van der Waals surface area contributed by atoms with Gasteiger partial charge in [0.25, 0.3) is 5.56 Å². The molecule has 0 bridgehead atoms. The molecule has 0 aliphatic carbocycles. The van der Waals surface area contributed by atoms with E-state index in [2.05, 4.69) is 9.72 Å². The second kappa shape index (κ2) is 5.94. The summed E-state index contributed by atoms with van der Waals surface area (Å²) < 4.78 is 9.80. The maximum Gasteiger partial charge on any atom is 0.410 e. The highest BCUT2D eigenvalue weighted by Gasteiger charge is 2.30. The van der Waals surface area contributed by atoms with Crippen molar-refractivity contribution in [2.24, 2.45) is 0 Å². The molecule has 23 heavy (non-hydrogen) atoms. The monoisotopic (exact) mass is 324 g/mol. The summed E-state index contributed by atoms with van der Waals surface area (Å²) in [6.07, 6.45) is -0.174. The molecule has 0 radical (unpaired) electrons. The zero-order chi connectivity index (χ0) is 17.4. The van der Waals surface area contributed by atoms with Crippen LogP contribution in [0.5, 0.6) is 5.75 Å². The summed E-state index contributed by atoms with van der Waals surface area (Å²) in [5.41, 5.74) is -0.986. The maximum absolute atomic E-state index is 12.1. The summed E-state index contributed by atoms with van der Waals surface area (Å²) >= 11 is 0. The molecule has 0 unspecified atom stereocenters. The van der Waals surface area contributed by atoms with E-state index in [-0.39, 0.29) is 6.54 Å². The van der Waals surface area contributed by atoms with E-state index in [1.54, 1.807) is 20.8 Å². The highest BCUT2D eigenvalue weighted by molar-refractivity contribution is 5.92. The first-order valence-corrected chi connectivity index (χ1v) is 7.17. The molecule has 1 aliphatic heterocycles. The fourth-order valence-electron chi connectivity index (χ4n) is 2.35. The molecule has 2 rings (SSSR count). The molecule has 0 saturated heterocycles. The number of pyridine rings is 1. The molecule has 0 saturated carbocycles. The summed E-state index contributed by atoms with van der Waals surface area (Å²) in [5.74, 6) is -1.38. The van der Waals surface area contributed by atoms with E-state index in [1.807, 2.05) is 0 Å². The first kappa shape index (κ1) is 16.9. The van der Waals surface area contributed by atoms with E-state index in [0.29, 0.717) is 24.2 Å². The van der Waals surface area contributed by atoms with Gasteiger partial charge in [0.1, 0.15) is 11.4 Å². The molecular weight excluding hydrogens is 304 g/mol. The van der Waals surface area contributed by atoms with Crippen molar-refractivity contribution < 1.29 is 24.2 Å². The van der Waals surface area contributed by atoms with E-state index in [9.17, 15) is 19.5 Å². The number of nitrogens with one attached hydrogen (secondary N) is 1. The van der Waals surface area contributed by atoms with Crippen molar-refractivity contribution >= 4 is 12.1 Å². The second-order valence-electron chi connectivity index (χ2n) is 6.28. The van der Waals surface area contributed by atoms with Crippen LogP contribution < -0.4 is 5.56 Å². The number of esters is 1. The summed E-state index contributed by atoms with van der Waals surface area (Å²) in [6.45, 7) is 5.65. The van der Waals surface area contributed by atoms with Crippen LogP contribution in [0.3, 0.4) is 0 Å². The van der Waals surface area contributed by atoms with Crippen molar-refractivity contribution in [3.05, 3.63) is 27.2 Å². The van der Waals surface area contributed by atoms with Crippen molar-refractivity contribution in [1.29, 1.82) is 0 Å². The molecular formula is C15H20N2O6. The SMILES string of the molecule is COC(=O)c1c(O)c2c([nH]c1=O)CCN(C(=O)OC(C)(C)C)C2. The normalized spacial score (nSPS) is 14.2. The Morgan fingerprint density at radius 3 is 2.52 bits per heavy atom. The summed E-state index contributed by atoms with van der Waals surface area (Å²) in [4.78, 5) is 39.6. The topological polar surface area (TPSA) is 109 Å². The fraction of sp³-hybridized carbons (Fsp3) is 0.533. The Labute approximate surface area is 133 Å². The number of fused-ring (bicyclic) bond motifs is 1. The van der Waals surface area contributed by atoms with E-state index in [0.717, 1.165) is 7.11 Å². The van der Waals surface area contributed by atoms with Crippen LogP contribution in [0.25, 0.3) is 0 Å². The molecule has 8 heteroatoms. The first-order chi connectivity index (χ1) is 10.6. The number of hydrogen-bond donors (Lipinski definition) is 2. The molecule has 1 aromatic rings. The van der Waals surface area contributed by atoms with Crippen molar-refractivity contribution in [3.8, 4) is 5.75 Å². The Morgan fingerprint density at radius 2 is 1.96 bits per heavy atom. The number of nitrogens with zero attached hydrogens (tertiary/aromatic N) is 1. The van der Waals surface area contributed by atoms with Gasteiger partial charge in [-0.2, -0.15) is 0 Å². The van der Waals surface area contributed by atoms with Gasteiger partial charge in [0.2, 0.25) is 0 Å². The van der Waals surface area contributed by atoms with Crippen LogP contribution in [0.4, 0.5) is 4.79 Å². The number of aromatic amines is 1. The zero-order valence-electron chi connectivity index (χ0n) is 13.6. The number of carbonyl (C=O) groups excluding carboxylic acids is 2. The van der Waals surface area contributed by atoms with Gasteiger partial charge >= 0.3 is 12.1 Å². The third-order valence-corrected chi connectivity index (χ3v) is 3.40. The zero-order valence-corrected chi connectivity index (χ0v) is 13.6. The van der Waals surface area contributed by atoms with Crippen LogP contribution in [0, 0.1) is 0 Å². The van der Waals surface area contributed by atoms with Gasteiger partial charge in [0, 0.05) is 24.2 Å². The van der Waals surface area contributed by atoms with Crippen LogP contribution >= 0.6 is 0 Å². The number of rotatable bonds is 1. The number of aromatic nitrogens is 1. The van der Waals surface area contributed by atoms with Crippen LogP contribution in [0.1, 0.15) is 42.4 Å². The second-order valence-corrected chi connectivity index (χ2v) is 6.28. The van der Waals surface area contributed by atoms with E-state index < -0.39 is 34.5 Å². The van der Waals surface area contributed by atoms with E-state index >= 15 is 0 Å². The molecule has 8 nitrogen and oxygen atoms in total. The lowest BCUT2D eigenvalue weighted by Crippen LogP contribution is -2.41. The number of methoxy groups -OCH3 is 1. The minimum absolute atomic E-state index is 0.0385. The highest BCUT2D eigenvalue weighted by Crippen LogP contribution is 2.28. The average Bonchev–Trinajstić information content (AvgIpc) is 2.44. The van der Waals surface area contributed by atoms with Gasteiger partial charge in [-0.1, -0.05) is 0 Å². The largest absolute Gasteiger partial charge is 0.506 e. The molecule has 1 amide bonds. The Kier molecular flexibility index (Phi) is 4.35. The predicted molar refractivity (Wildman–Crippen MR) is 80.4 cm³/mol. The van der Waals surface area contributed by atoms with Gasteiger partial charge in [0.15, 0.2) is 5.56 Å². The molecule has 0 spiro atoms. The van der Waals surface area contributed by atoms with Crippen molar-refractivity contribution in [3.63, 3.8) is 0 Å². The van der Waals surface area contributed by atoms with Gasteiger partial charge in [-0.25, -0.2) is 9.59 Å². The van der Waals surface area contributed by atoms with Gasteiger partial charge < -0.3 is 24.5 Å². The molecule has 0 aromatic carbocycles. The van der Waals surface area contributed by atoms with Gasteiger partial charge in [0.05, 0.1) is 13.7 Å². The number of carbonyl (C=O) groups is 2. The molecule has 126 valence electrons. The smallest absolute Gasteiger partial charge is 0.410 e. The van der Waals surface area contributed by atoms with Gasteiger partial charge in [-0.05, 0) is 20.8 Å². The Bertz CT molecular complexity index is 701. The average molecular weight is 324 g/mol. The minimum Gasteiger partial charge on any atom is -0.506 e. The van der Waals surface area contributed by atoms with Gasteiger partial charge in [-0.3, -0.25) is 4.79 Å². The fourth-order valence-corrected chi connectivity index (χ4v) is 2.35. The Hall–Kier alpha value is -2.51. The molecule has 0 atom stereocenters. The van der Waals surface area contributed by atoms with Crippen LogP contribution in [0.15, 0.2) is 4.79 Å². The predicted octanol–water partition coefficient (Wildman–Crippen LogP) is 1.16. The number of ether oxygens (including phenoxy) is 2. The molecule has 0 fully saturated rings. The third-order valence-electron chi connectivity index (χ3n) is 3.40. The van der Waals surface area contributed by atoms with Crippen molar-refractivity contribution in [2.45, 2.75) is 39.3 Å². The van der Waals surface area contributed by atoms with E-state index in [4.69, 9.17) is 4.74 Å². The summed E-state index contributed by atoms with van der Waals surface area (Å²) in [7, 11) is 1.12. The van der Waals surface area contributed by atoms with Crippen molar-refractivity contribution in [1.82, 2.24) is 9.88 Å².